The van der Waals surface area contributed by atoms with Crippen LogP contribution in [0.15, 0.2) is 36.0 Å². The topological polar surface area (TPSA) is 50.6 Å². The molecule has 3 aliphatic heterocycles. The molecule has 3 fully saturated rings. The van der Waals surface area contributed by atoms with Crippen LogP contribution in [-0.4, -0.2) is 78.7 Å². The highest BCUT2D eigenvalue weighted by molar-refractivity contribution is 5.81. The van der Waals surface area contributed by atoms with Crippen LogP contribution in [0.3, 0.4) is 0 Å². The lowest BCUT2D eigenvalue weighted by molar-refractivity contribution is -0.138. The van der Waals surface area contributed by atoms with Gasteiger partial charge in [0.1, 0.15) is 0 Å². The molecule has 2 atom stereocenters. The molecule has 0 aromatic carbocycles. The summed E-state index contributed by atoms with van der Waals surface area (Å²) in [4.78, 5) is 20.7. The number of fused-ring (bicyclic) bond motifs is 1. The first-order chi connectivity index (χ1) is 17.6. The van der Waals surface area contributed by atoms with Gasteiger partial charge < -0.3 is 15.2 Å². The van der Waals surface area contributed by atoms with Crippen LogP contribution >= 0.6 is 0 Å². The molecule has 0 radical (unpaired) electrons. The second kappa shape index (κ2) is 13.7. The van der Waals surface area contributed by atoms with Gasteiger partial charge in [0.25, 0.3) is 0 Å². The standard InChI is InChI=1S/C31H50N4O/c1-3-25(9-10-30(32)4-2)23-33-19-15-29(16-20-33)31(36)35-21-11-26(12-22-35)24-34-17-13-27-7-5-6-8-28(27)14-18-34/h3,5-8,26-29,32H,4,9-24H2,1-2H3. The van der Waals surface area contributed by atoms with Crippen molar-refractivity contribution in [3.05, 3.63) is 36.0 Å². The smallest absolute Gasteiger partial charge is 0.225 e. The molecule has 4 rings (SSSR count). The van der Waals surface area contributed by atoms with Crippen LogP contribution in [0.5, 0.6) is 0 Å². The molecule has 1 amide bonds. The number of rotatable bonds is 9. The van der Waals surface area contributed by atoms with E-state index in [1.807, 2.05) is 0 Å². The lowest BCUT2D eigenvalue weighted by atomic mass is 9.85. The zero-order chi connectivity index (χ0) is 25.3. The van der Waals surface area contributed by atoms with E-state index in [4.69, 9.17) is 5.41 Å². The molecule has 0 spiro atoms. The van der Waals surface area contributed by atoms with E-state index in [0.717, 1.165) is 88.3 Å². The van der Waals surface area contributed by atoms with Crippen molar-refractivity contribution < 1.29 is 4.79 Å². The highest BCUT2D eigenvalue weighted by Crippen LogP contribution is 2.30. The molecule has 3 saturated heterocycles. The average molecular weight is 495 g/mol. The van der Waals surface area contributed by atoms with Crippen molar-refractivity contribution in [2.24, 2.45) is 23.7 Å². The van der Waals surface area contributed by atoms with E-state index in [2.05, 4.69) is 58.9 Å². The summed E-state index contributed by atoms with van der Waals surface area (Å²) in [6.07, 6.45) is 21.2. The monoisotopic (exact) mass is 494 g/mol. The van der Waals surface area contributed by atoms with Gasteiger partial charge in [0.2, 0.25) is 5.91 Å². The van der Waals surface area contributed by atoms with Gasteiger partial charge in [-0.25, -0.2) is 0 Å². The summed E-state index contributed by atoms with van der Waals surface area (Å²) < 4.78 is 0. The van der Waals surface area contributed by atoms with E-state index in [0.29, 0.717) is 5.91 Å². The van der Waals surface area contributed by atoms with Crippen LogP contribution in [0.25, 0.3) is 0 Å². The number of allylic oxidation sites excluding steroid dienone is 5. The largest absolute Gasteiger partial charge is 0.342 e. The summed E-state index contributed by atoms with van der Waals surface area (Å²) in [7, 11) is 0. The molecule has 4 aliphatic rings. The van der Waals surface area contributed by atoms with Gasteiger partial charge in [0.15, 0.2) is 0 Å². The highest BCUT2D eigenvalue weighted by Gasteiger charge is 2.32. The number of carbonyl (C=O) groups excluding carboxylic acids is 1. The van der Waals surface area contributed by atoms with Crippen molar-refractivity contribution in [2.45, 2.75) is 71.6 Å². The van der Waals surface area contributed by atoms with Crippen LogP contribution in [-0.2, 0) is 4.79 Å². The fraction of sp³-hybridized carbons (Fsp3) is 0.742. The molecule has 36 heavy (non-hydrogen) atoms. The SMILES string of the molecule is CC=C(CCC(=N)CC)CN1CCC(C(=O)N2CCC(CN3CCC4C=CC=CC4CC3)CC2)CC1. The minimum absolute atomic E-state index is 0.218. The molecule has 5 nitrogen and oxygen atoms in total. The van der Waals surface area contributed by atoms with Crippen molar-refractivity contribution in [1.82, 2.24) is 14.7 Å². The van der Waals surface area contributed by atoms with Gasteiger partial charge in [0, 0.05) is 37.8 Å². The molecule has 3 heterocycles. The zero-order valence-electron chi connectivity index (χ0n) is 23.0. The van der Waals surface area contributed by atoms with Crippen molar-refractivity contribution in [3.8, 4) is 0 Å². The summed E-state index contributed by atoms with van der Waals surface area (Å²) in [5.74, 6) is 2.87. The Hall–Kier alpha value is -1.72. The summed E-state index contributed by atoms with van der Waals surface area (Å²) >= 11 is 0. The highest BCUT2D eigenvalue weighted by atomic mass is 16.2. The van der Waals surface area contributed by atoms with Gasteiger partial charge in [-0.1, -0.05) is 42.9 Å². The number of likely N-dealkylation sites (tertiary alicyclic amines) is 3. The predicted octanol–water partition coefficient (Wildman–Crippen LogP) is 5.55. The maximum Gasteiger partial charge on any atom is 0.225 e. The number of piperidine rings is 2. The van der Waals surface area contributed by atoms with Gasteiger partial charge in [-0.15, -0.1) is 0 Å². The molecule has 0 aromatic heterocycles. The van der Waals surface area contributed by atoms with E-state index in [1.54, 1.807) is 0 Å². The van der Waals surface area contributed by atoms with Crippen molar-refractivity contribution >= 4 is 11.6 Å². The number of hydrogen-bond acceptors (Lipinski definition) is 4. The van der Waals surface area contributed by atoms with Crippen LogP contribution in [0, 0.1) is 29.1 Å². The van der Waals surface area contributed by atoms with Crippen LogP contribution < -0.4 is 0 Å². The maximum atomic E-state index is 13.3. The molecule has 5 heteroatoms. The molecule has 2 unspecified atom stereocenters. The van der Waals surface area contributed by atoms with E-state index < -0.39 is 0 Å². The van der Waals surface area contributed by atoms with Gasteiger partial charge in [-0.05, 0) is 109 Å². The fourth-order valence-corrected chi connectivity index (χ4v) is 6.66. The molecule has 0 bridgehead atoms. The number of amides is 1. The number of nitrogens with one attached hydrogen (secondary N) is 1. The Morgan fingerprint density at radius 1 is 0.861 bits per heavy atom. The molecule has 1 N–H and O–H groups in total. The molecule has 0 aromatic rings. The lowest BCUT2D eigenvalue weighted by Gasteiger charge is -2.38. The minimum atomic E-state index is 0.218. The van der Waals surface area contributed by atoms with E-state index in [-0.39, 0.29) is 5.92 Å². The second-order valence-electron chi connectivity index (χ2n) is 11.7. The van der Waals surface area contributed by atoms with E-state index >= 15 is 0 Å². The van der Waals surface area contributed by atoms with Gasteiger partial charge in [0.05, 0.1) is 0 Å². The number of carbonyl (C=O) groups is 1. The third kappa shape index (κ3) is 7.64. The third-order valence-electron chi connectivity index (χ3n) is 9.32. The Morgan fingerprint density at radius 2 is 1.47 bits per heavy atom. The van der Waals surface area contributed by atoms with Crippen molar-refractivity contribution in [3.63, 3.8) is 0 Å². The van der Waals surface area contributed by atoms with Crippen LogP contribution in [0.1, 0.15) is 71.6 Å². The summed E-state index contributed by atoms with van der Waals surface area (Å²) in [5, 5.41) is 7.92. The Bertz CT molecular complexity index is 792. The number of hydrogen-bond donors (Lipinski definition) is 1. The Morgan fingerprint density at radius 3 is 2.06 bits per heavy atom. The summed E-state index contributed by atoms with van der Waals surface area (Å²) in [6.45, 7) is 12.8. The first kappa shape index (κ1) is 27.3. The first-order valence-electron chi connectivity index (χ1n) is 14.8. The molecule has 1 aliphatic carbocycles. The van der Waals surface area contributed by atoms with E-state index in [1.165, 1.54) is 50.9 Å². The molecular weight excluding hydrogens is 444 g/mol. The van der Waals surface area contributed by atoms with Crippen molar-refractivity contribution in [2.75, 3.05) is 52.4 Å². The van der Waals surface area contributed by atoms with Gasteiger partial charge >= 0.3 is 0 Å². The molecule has 0 saturated carbocycles. The molecule has 200 valence electrons. The fourth-order valence-electron chi connectivity index (χ4n) is 6.66. The summed E-state index contributed by atoms with van der Waals surface area (Å²) in [6, 6.07) is 0. The van der Waals surface area contributed by atoms with Crippen molar-refractivity contribution in [1.29, 1.82) is 5.41 Å². The van der Waals surface area contributed by atoms with Crippen LogP contribution in [0.4, 0.5) is 0 Å². The molecular formula is C31H50N4O. The first-order valence-corrected chi connectivity index (χ1v) is 14.8. The Labute approximate surface area is 220 Å². The second-order valence-corrected chi connectivity index (χ2v) is 11.7. The Kier molecular flexibility index (Phi) is 10.4. The summed E-state index contributed by atoms with van der Waals surface area (Å²) in [5.41, 5.74) is 2.29. The zero-order valence-corrected chi connectivity index (χ0v) is 23.0. The predicted molar refractivity (Wildman–Crippen MR) is 150 cm³/mol. The minimum Gasteiger partial charge on any atom is -0.342 e. The Balaban J connectivity index is 1.14. The third-order valence-corrected chi connectivity index (χ3v) is 9.32. The lowest BCUT2D eigenvalue weighted by Crippen LogP contribution is -2.46. The maximum absolute atomic E-state index is 13.3. The average Bonchev–Trinajstić information content (AvgIpc) is 3.13. The van der Waals surface area contributed by atoms with Crippen LogP contribution in [0.2, 0.25) is 0 Å². The van der Waals surface area contributed by atoms with Gasteiger partial charge in [-0.3, -0.25) is 9.69 Å². The van der Waals surface area contributed by atoms with E-state index in [9.17, 15) is 4.79 Å². The number of nitrogens with zero attached hydrogens (tertiary/aromatic N) is 3. The van der Waals surface area contributed by atoms with Gasteiger partial charge in [-0.2, -0.15) is 0 Å². The normalized spacial score (nSPS) is 27.2. The quantitative estimate of drug-likeness (QED) is 0.338.